The van der Waals surface area contributed by atoms with Crippen LogP contribution in [0.4, 0.5) is 0 Å². The second kappa shape index (κ2) is 12.8. The van der Waals surface area contributed by atoms with Gasteiger partial charge in [-0.1, -0.05) is 36.6 Å². The number of fused-ring (bicyclic) bond motifs is 3. The van der Waals surface area contributed by atoms with Gasteiger partial charge in [-0.05, 0) is 60.2 Å². The van der Waals surface area contributed by atoms with Gasteiger partial charge in [0.15, 0.2) is 11.5 Å². The van der Waals surface area contributed by atoms with E-state index in [1.807, 2.05) is 12.1 Å². The summed E-state index contributed by atoms with van der Waals surface area (Å²) in [4.78, 5) is 29.0. The van der Waals surface area contributed by atoms with Crippen molar-refractivity contribution < 1.29 is 34.4 Å². The van der Waals surface area contributed by atoms with Crippen LogP contribution in [0, 0.1) is 5.92 Å². The average molecular weight is 585 g/mol. The minimum atomic E-state index is -1.16. The van der Waals surface area contributed by atoms with E-state index < -0.39 is 30.1 Å². The average Bonchev–Trinajstić information content (AvgIpc) is 3.64. The number of hydrogen-bond donors (Lipinski definition) is 4. The first-order chi connectivity index (χ1) is 19.8. The van der Waals surface area contributed by atoms with Crippen LogP contribution in [0.3, 0.4) is 0 Å². The molecule has 1 aliphatic heterocycles. The van der Waals surface area contributed by atoms with E-state index >= 15 is 0 Å². The third-order valence-electron chi connectivity index (χ3n) is 8.38. The molecule has 0 unspecified atom stereocenters. The Morgan fingerprint density at radius 2 is 1.85 bits per heavy atom. The second-order valence-corrected chi connectivity index (χ2v) is 11.5. The van der Waals surface area contributed by atoms with Gasteiger partial charge in [0.25, 0.3) is 0 Å². The number of halogens is 1. The van der Waals surface area contributed by atoms with Crippen molar-refractivity contribution in [1.29, 1.82) is 0 Å². The molecule has 4 atom stereocenters. The molecule has 0 spiro atoms. The Kier molecular flexibility index (Phi) is 9.19. The van der Waals surface area contributed by atoms with E-state index in [1.54, 1.807) is 35.2 Å². The van der Waals surface area contributed by atoms with Gasteiger partial charge in [-0.25, -0.2) is 0 Å². The highest BCUT2D eigenvalue weighted by Gasteiger charge is 2.51. The van der Waals surface area contributed by atoms with E-state index in [9.17, 15) is 24.9 Å². The van der Waals surface area contributed by atoms with Gasteiger partial charge < -0.3 is 35.0 Å². The molecule has 1 heterocycles. The molecule has 220 valence electrons. The molecule has 3 aliphatic rings. The molecule has 41 heavy (non-hydrogen) atoms. The van der Waals surface area contributed by atoms with Crippen LogP contribution >= 0.6 is 11.6 Å². The Labute approximate surface area is 244 Å². The summed E-state index contributed by atoms with van der Waals surface area (Å²) in [5.41, 5.74) is 2.35. The van der Waals surface area contributed by atoms with Crippen molar-refractivity contribution in [2.45, 2.75) is 69.4 Å². The van der Waals surface area contributed by atoms with Crippen molar-refractivity contribution >= 4 is 23.4 Å². The monoisotopic (exact) mass is 584 g/mol. The number of nitrogens with zero attached hydrogens (tertiary/aromatic N) is 1. The summed E-state index contributed by atoms with van der Waals surface area (Å²) in [5.74, 6) is -0.135. The summed E-state index contributed by atoms with van der Waals surface area (Å²) >= 11 is 6.11. The van der Waals surface area contributed by atoms with Crippen LogP contribution in [0.15, 0.2) is 48.0 Å². The molecule has 0 aromatic heterocycles. The first kappa shape index (κ1) is 29.4. The quantitative estimate of drug-likeness (QED) is 0.338. The number of rotatable bonds is 10. The molecule has 0 radical (unpaired) electrons. The number of carbonyl (C=O) groups is 2. The van der Waals surface area contributed by atoms with Crippen LogP contribution in [0.1, 0.15) is 54.7 Å². The maximum Gasteiger partial charge on any atom is 0.247 e. The van der Waals surface area contributed by atoms with Gasteiger partial charge in [-0.15, -0.1) is 0 Å². The number of methoxy groups -OCH3 is 1. The predicted molar refractivity (Wildman–Crippen MR) is 153 cm³/mol. The largest absolute Gasteiger partial charge is 0.493 e. The summed E-state index contributed by atoms with van der Waals surface area (Å²) in [7, 11) is 1.49. The lowest BCUT2D eigenvalue weighted by molar-refractivity contribution is -0.139. The topological polar surface area (TPSA) is 129 Å². The lowest BCUT2D eigenvalue weighted by Crippen LogP contribution is -2.55. The van der Waals surface area contributed by atoms with Crippen LogP contribution in [-0.4, -0.2) is 70.5 Å². The zero-order valence-corrected chi connectivity index (χ0v) is 23.8. The maximum absolute atomic E-state index is 13.9. The molecular weight excluding hydrogens is 548 g/mol. The van der Waals surface area contributed by atoms with Crippen molar-refractivity contribution in [2.75, 3.05) is 20.3 Å². The Bertz CT molecular complexity index is 1290. The van der Waals surface area contributed by atoms with Gasteiger partial charge in [-0.3, -0.25) is 9.59 Å². The number of aliphatic hydroxyl groups is 3. The maximum atomic E-state index is 13.9. The third kappa shape index (κ3) is 6.09. The minimum Gasteiger partial charge on any atom is -0.493 e. The molecule has 5 rings (SSSR count). The van der Waals surface area contributed by atoms with Crippen molar-refractivity contribution in [1.82, 2.24) is 10.2 Å². The number of carbonyl (C=O) groups excluding carboxylic acids is 2. The van der Waals surface area contributed by atoms with Gasteiger partial charge in [0.1, 0.15) is 12.2 Å². The van der Waals surface area contributed by atoms with Crippen molar-refractivity contribution in [3.63, 3.8) is 0 Å². The zero-order valence-electron chi connectivity index (χ0n) is 23.1. The highest BCUT2D eigenvalue weighted by molar-refractivity contribution is 6.30. The number of ether oxygens (including phenoxy) is 2. The number of nitrogens with one attached hydrogen (secondary N) is 1. The van der Waals surface area contributed by atoms with Crippen LogP contribution in [0.5, 0.6) is 11.5 Å². The normalized spacial score (nSPS) is 23.3. The lowest BCUT2D eigenvalue weighted by Gasteiger charge is -2.41. The summed E-state index contributed by atoms with van der Waals surface area (Å²) in [6, 6.07) is 9.76. The first-order valence-corrected chi connectivity index (χ1v) is 14.5. The second-order valence-electron chi connectivity index (χ2n) is 11.0. The fraction of sp³-hybridized carbons (Fsp3) is 0.484. The summed E-state index contributed by atoms with van der Waals surface area (Å²) in [6.45, 7) is -0.220. The fourth-order valence-electron chi connectivity index (χ4n) is 6.34. The standard InChI is InChI=1S/C31H37ClN2O7/c1-40-25-13-20(17-36)12-22-27-23(31(39)33-10-11-35)15-24(28(38)30(27)41-29(22)25)34(16-19-6-8-21(32)9-7-19)26(37)14-18-4-2-3-5-18/h6-9,12-13,15,18,24,27-28,30,35-36,38H,2-5,10-11,14,16-17H2,1H3,(H,33,39)/t24-,27+,28+,30+/m1/s1. The van der Waals surface area contributed by atoms with Crippen molar-refractivity contribution in [3.05, 3.63) is 69.8 Å². The Balaban J connectivity index is 1.57. The number of benzene rings is 2. The van der Waals surface area contributed by atoms with Gasteiger partial charge in [0.05, 0.1) is 32.3 Å². The lowest BCUT2D eigenvalue weighted by atomic mass is 9.77. The molecule has 9 nitrogen and oxygen atoms in total. The molecule has 1 saturated carbocycles. The number of amides is 2. The summed E-state index contributed by atoms with van der Waals surface area (Å²) < 4.78 is 11.8. The molecule has 2 amide bonds. The van der Waals surface area contributed by atoms with Crippen LogP contribution in [0.25, 0.3) is 0 Å². The van der Waals surface area contributed by atoms with Gasteiger partial charge >= 0.3 is 0 Å². The Morgan fingerprint density at radius 3 is 2.51 bits per heavy atom. The SMILES string of the molecule is COc1cc(CO)cc2c1O[C@@H]1[C@@H](O)[C@H](N(Cc3ccc(Cl)cc3)C(=O)CC3CCCC3)C=C(C(=O)NCCO)[C@H]21. The first-order valence-electron chi connectivity index (χ1n) is 14.2. The third-order valence-corrected chi connectivity index (χ3v) is 8.63. The molecular formula is C31H37ClN2O7. The zero-order chi connectivity index (χ0) is 29.1. The van der Waals surface area contributed by atoms with Gasteiger partial charge in [-0.2, -0.15) is 0 Å². The Hall–Kier alpha value is -3.11. The van der Waals surface area contributed by atoms with Crippen LogP contribution < -0.4 is 14.8 Å². The van der Waals surface area contributed by atoms with E-state index in [2.05, 4.69) is 5.32 Å². The van der Waals surface area contributed by atoms with Crippen LogP contribution in [0.2, 0.25) is 5.02 Å². The van der Waals surface area contributed by atoms with E-state index in [-0.39, 0.29) is 38.1 Å². The predicted octanol–water partition coefficient (Wildman–Crippen LogP) is 3.07. The van der Waals surface area contributed by atoms with Crippen molar-refractivity contribution in [3.8, 4) is 11.5 Å². The van der Waals surface area contributed by atoms with Crippen LogP contribution in [-0.2, 0) is 22.7 Å². The minimum absolute atomic E-state index is 0.0452. The van der Waals surface area contributed by atoms with E-state index in [0.717, 1.165) is 31.2 Å². The summed E-state index contributed by atoms with van der Waals surface area (Å²) in [5, 5.41) is 34.4. The van der Waals surface area contributed by atoms with Crippen molar-refractivity contribution in [2.24, 2.45) is 5.92 Å². The van der Waals surface area contributed by atoms with E-state index in [1.165, 1.54) is 7.11 Å². The summed E-state index contributed by atoms with van der Waals surface area (Å²) in [6.07, 6.45) is 4.17. The number of aliphatic hydroxyl groups excluding tert-OH is 3. The highest BCUT2D eigenvalue weighted by atomic mass is 35.5. The Morgan fingerprint density at radius 1 is 1.12 bits per heavy atom. The molecule has 2 aromatic rings. The highest BCUT2D eigenvalue weighted by Crippen LogP contribution is 2.51. The molecule has 2 aliphatic carbocycles. The molecule has 2 aromatic carbocycles. The van der Waals surface area contributed by atoms with Gasteiger partial charge in [0.2, 0.25) is 11.8 Å². The van der Waals surface area contributed by atoms with E-state index in [4.69, 9.17) is 21.1 Å². The molecule has 0 saturated heterocycles. The fourth-order valence-corrected chi connectivity index (χ4v) is 6.47. The molecule has 0 bridgehead atoms. The molecule has 10 heteroatoms. The number of hydrogen-bond acceptors (Lipinski definition) is 7. The molecule has 4 N–H and O–H groups in total. The smallest absolute Gasteiger partial charge is 0.247 e. The van der Waals surface area contributed by atoms with Gasteiger partial charge in [0, 0.05) is 35.7 Å². The van der Waals surface area contributed by atoms with E-state index in [0.29, 0.717) is 39.6 Å². The molecule has 1 fully saturated rings.